The molecule has 0 bridgehead atoms. The molecule has 3 atom stereocenters. The van der Waals surface area contributed by atoms with Crippen LogP contribution in [0, 0.1) is 11.3 Å². The van der Waals surface area contributed by atoms with Gasteiger partial charge in [0.15, 0.2) is 0 Å². The second-order valence-corrected chi connectivity index (χ2v) is 6.09. The Labute approximate surface area is 117 Å². The van der Waals surface area contributed by atoms with Gasteiger partial charge in [-0.25, -0.2) is 0 Å². The van der Waals surface area contributed by atoms with E-state index in [4.69, 9.17) is 4.74 Å². The number of nitrogens with zero attached hydrogens (tertiary/aromatic N) is 2. The van der Waals surface area contributed by atoms with Gasteiger partial charge in [-0.3, -0.25) is 5.32 Å². The molecule has 2 aliphatic rings. The van der Waals surface area contributed by atoms with E-state index >= 15 is 0 Å². The Hall–Kier alpha value is -0.630. The summed E-state index contributed by atoms with van der Waals surface area (Å²) in [7, 11) is 2.18. The van der Waals surface area contributed by atoms with Crippen LogP contribution < -0.4 is 5.32 Å². The monoisotopic (exact) mass is 265 g/mol. The average molecular weight is 265 g/mol. The van der Waals surface area contributed by atoms with Crippen LogP contribution in [0.2, 0.25) is 0 Å². The summed E-state index contributed by atoms with van der Waals surface area (Å²) in [6.07, 6.45) is 6.92. The van der Waals surface area contributed by atoms with E-state index in [0.29, 0.717) is 12.1 Å². The van der Waals surface area contributed by atoms with Crippen LogP contribution in [0.5, 0.6) is 0 Å². The van der Waals surface area contributed by atoms with Gasteiger partial charge < -0.3 is 9.64 Å². The Morgan fingerprint density at radius 2 is 2.32 bits per heavy atom. The number of nitrogens with one attached hydrogen (secondary N) is 1. The van der Waals surface area contributed by atoms with Gasteiger partial charge in [-0.1, -0.05) is 6.92 Å². The fraction of sp³-hybridized carbons (Fsp3) is 0.933. The van der Waals surface area contributed by atoms with Crippen LogP contribution in [0.25, 0.3) is 0 Å². The van der Waals surface area contributed by atoms with Crippen molar-refractivity contribution in [3.8, 4) is 6.07 Å². The van der Waals surface area contributed by atoms with Gasteiger partial charge in [-0.15, -0.1) is 0 Å². The third-order valence-electron chi connectivity index (χ3n) is 4.55. The predicted octanol–water partition coefficient (Wildman–Crippen LogP) is 1.91. The number of hydrogen-bond acceptors (Lipinski definition) is 4. The second-order valence-electron chi connectivity index (χ2n) is 6.09. The largest absolute Gasteiger partial charge is 0.377 e. The van der Waals surface area contributed by atoms with Crippen LogP contribution in [-0.4, -0.2) is 49.3 Å². The average Bonchev–Trinajstić information content (AvgIpc) is 3.06. The molecule has 4 heteroatoms. The van der Waals surface area contributed by atoms with Gasteiger partial charge >= 0.3 is 0 Å². The summed E-state index contributed by atoms with van der Waals surface area (Å²) in [5, 5.41) is 12.9. The zero-order valence-corrected chi connectivity index (χ0v) is 12.3. The van der Waals surface area contributed by atoms with Gasteiger partial charge in [-0.05, 0) is 52.1 Å². The third-order valence-corrected chi connectivity index (χ3v) is 4.55. The second kappa shape index (κ2) is 6.69. The van der Waals surface area contributed by atoms with Crippen molar-refractivity contribution >= 4 is 0 Å². The van der Waals surface area contributed by atoms with E-state index < -0.39 is 0 Å². The molecule has 3 unspecified atom stereocenters. The van der Waals surface area contributed by atoms with Crippen molar-refractivity contribution < 1.29 is 4.74 Å². The molecule has 1 aliphatic heterocycles. The van der Waals surface area contributed by atoms with Gasteiger partial charge in [0.25, 0.3) is 0 Å². The molecule has 19 heavy (non-hydrogen) atoms. The van der Waals surface area contributed by atoms with E-state index in [2.05, 4.69) is 30.3 Å². The Morgan fingerprint density at radius 3 is 2.95 bits per heavy atom. The number of likely N-dealkylation sites (N-methyl/N-ethyl adjacent to an activating group) is 1. The number of ether oxygens (including phenoxy) is 1. The highest BCUT2D eigenvalue weighted by molar-refractivity contribution is 5.13. The summed E-state index contributed by atoms with van der Waals surface area (Å²) in [6, 6.07) is 3.04. The molecule has 1 heterocycles. The van der Waals surface area contributed by atoms with Crippen LogP contribution in [-0.2, 0) is 4.74 Å². The van der Waals surface area contributed by atoms with Gasteiger partial charge in [0.05, 0.1) is 12.2 Å². The molecule has 0 spiro atoms. The van der Waals surface area contributed by atoms with Crippen molar-refractivity contribution in [3.05, 3.63) is 0 Å². The Kier molecular flexibility index (Phi) is 5.20. The van der Waals surface area contributed by atoms with Crippen LogP contribution >= 0.6 is 0 Å². The van der Waals surface area contributed by atoms with Gasteiger partial charge in [0.1, 0.15) is 5.54 Å². The van der Waals surface area contributed by atoms with E-state index in [1.165, 1.54) is 12.8 Å². The molecule has 0 amide bonds. The normalized spacial score (nSPS) is 34.8. The minimum Gasteiger partial charge on any atom is -0.377 e. The standard InChI is InChI=1S/C15H27N3O/c1-3-8-17-15(12-16)7-6-13(10-15)18(2)11-14-5-4-9-19-14/h13-14,17H,3-11H2,1-2H3. The maximum Gasteiger partial charge on any atom is 0.108 e. The van der Waals surface area contributed by atoms with Crippen LogP contribution in [0.3, 0.4) is 0 Å². The fourth-order valence-corrected chi connectivity index (χ4v) is 3.32. The van der Waals surface area contributed by atoms with Crippen molar-refractivity contribution in [1.82, 2.24) is 10.2 Å². The summed E-state index contributed by atoms with van der Waals surface area (Å²) in [4.78, 5) is 2.41. The highest BCUT2D eigenvalue weighted by Crippen LogP contribution is 2.32. The maximum atomic E-state index is 9.47. The van der Waals surface area contributed by atoms with E-state index in [1.807, 2.05) is 0 Å². The first-order valence-electron chi connectivity index (χ1n) is 7.67. The minimum atomic E-state index is -0.286. The predicted molar refractivity (Wildman–Crippen MR) is 75.9 cm³/mol. The minimum absolute atomic E-state index is 0.286. The van der Waals surface area contributed by atoms with E-state index in [0.717, 1.165) is 45.4 Å². The quantitative estimate of drug-likeness (QED) is 0.797. The first-order chi connectivity index (χ1) is 9.19. The first kappa shape index (κ1) is 14.8. The molecule has 0 aromatic carbocycles. The number of rotatable bonds is 6. The molecular formula is C15H27N3O. The van der Waals surface area contributed by atoms with Gasteiger partial charge in [0.2, 0.25) is 0 Å². The molecule has 4 nitrogen and oxygen atoms in total. The van der Waals surface area contributed by atoms with Gasteiger partial charge in [-0.2, -0.15) is 5.26 Å². The zero-order chi connectivity index (χ0) is 13.7. The molecule has 0 radical (unpaired) electrons. The molecule has 1 N–H and O–H groups in total. The number of hydrogen-bond donors (Lipinski definition) is 1. The van der Waals surface area contributed by atoms with Crippen molar-refractivity contribution in [1.29, 1.82) is 5.26 Å². The van der Waals surface area contributed by atoms with E-state index in [9.17, 15) is 5.26 Å². The summed E-state index contributed by atoms with van der Waals surface area (Å²) in [5.41, 5.74) is -0.286. The summed E-state index contributed by atoms with van der Waals surface area (Å²) >= 11 is 0. The molecule has 108 valence electrons. The molecule has 1 aliphatic carbocycles. The highest BCUT2D eigenvalue weighted by Gasteiger charge is 2.40. The van der Waals surface area contributed by atoms with Crippen LogP contribution in [0.1, 0.15) is 45.4 Å². The smallest absolute Gasteiger partial charge is 0.108 e. The maximum absolute atomic E-state index is 9.47. The Morgan fingerprint density at radius 1 is 1.47 bits per heavy atom. The van der Waals surface area contributed by atoms with Crippen LogP contribution in [0.4, 0.5) is 0 Å². The lowest BCUT2D eigenvalue weighted by atomic mass is 9.99. The molecule has 0 aromatic heterocycles. The summed E-state index contributed by atoms with van der Waals surface area (Å²) < 4.78 is 5.70. The van der Waals surface area contributed by atoms with Crippen molar-refractivity contribution in [2.75, 3.05) is 26.7 Å². The SMILES string of the molecule is CCCNC1(C#N)CCC(N(C)CC2CCCO2)C1. The Bertz CT molecular complexity index is 322. The van der Waals surface area contributed by atoms with Crippen LogP contribution in [0.15, 0.2) is 0 Å². The highest BCUT2D eigenvalue weighted by atomic mass is 16.5. The molecule has 2 fully saturated rings. The van der Waals surface area contributed by atoms with E-state index in [1.54, 1.807) is 0 Å². The van der Waals surface area contributed by atoms with Crippen molar-refractivity contribution in [3.63, 3.8) is 0 Å². The topological polar surface area (TPSA) is 48.3 Å². The Balaban J connectivity index is 1.83. The summed E-state index contributed by atoms with van der Waals surface area (Å²) in [5.74, 6) is 0. The first-order valence-corrected chi connectivity index (χ1v) is 7.67. The van der Waals surface area contributed by atoms with Gasteiger partial charge in [0, 0.05) is 19.2 Å². The molecular weight excluding hydrogens is 238 g/mol. The molecule has 1 saturated heterocycles. The third kappa shape index (κ3) is 3.68. The molecule has 1 saturated carbocycles. The summed E-state index contributed by atoms with van der Waals surface area (Å²) in [6.45, 7) is 5.02. The zero-order valence-electron chi connectivity index (χ0n) is 12.3. The number of nitriles is 1. The molecule has 2 rings (SSSR count). The van der Waals surface area contributed by atoms with Crippen molar-refractivity contribution in [2.45, 2.75) is 63.1 Å². The lowest BCUT2D eigenvalue weighted by Gasteiger charge is -2.28. The lowest BCUT2D eigenvalue weighted by molar-refractivity contribution is 0.0679. The lowest BCUT2D eigenvalue weighted by Crippen LogP contribution is -2.44. The fourth-order valence-electron chi connectivity index (χ4n) is 3.32. The van der Waals surface area contributed by atoms with E-state index in [-0.39, 0.29) is 5.54 Å². The van der Waals surface area contributed by atoms with Crippen molar-refractivity contribution in [2.24, 2.45) is 0 Å². The molecule has 0 aromatic rings.